The van der Waals surface area contributed by atoms with Gasteiger partial charge in [-0.25, -0.2) is 0 Å². The van der Waals surface area contributed by atoms with Gasteiger partial charge in [0.25, 0.3) is 5.91 Å². The maximum Gasteiger partial charge on any atom is 0.257 e. The molecule has 15 heavy (non-hydrogen) atoms. The van der Waals surface area contributed by atoms with Crippen molar-refractivity contribution in [3.8, 4) is 0 Å². The number of carbonyl (C=O) groups is 1. The van der Waals surface area contributed by atoms with Crippen LogP contribution in [0.4, 0.5) is 5.69 Å². The zero-order valence-corrected chi connectivity index (χ0v) is 8.91. The second-order valence-electron chi connectivity index (χ2n) is 2.96. The molecule has 0 radical (unpaired) electrons. The van der Waals surface area contributed by atoms with Gasteiger partial charge in [-0.2, -0.15) is 5.10 Å². The van der Waals surface area contributed by atoms with E-state index in [0.29, 0.717) is 11.3 Å². The largest absolute Gasteiger partial charge is 0.367 e. The molecule has 0 aliphatic rings. The molecule has 0 spiro atoms. The van der Waals surface area contributed by atoms with Crippen molar-refractivity contribution in [1.82, 2.24) is 14.8 Å². The predicted octanol–water partition coefficient (Wildman–Crippen LogP) is 1.42. The van der Waals surface area contributed by atoms with Crippen LogP contribution >= 0.6 is 12.4 Å². The first-order chi connectivity index (χ1) is 6.75. The molecule has 0 saturated carbocycles. The molecule has 0 aliphatic heterocycles. The fourth-order valence-corrected chi connectivity index (χ4v) is 1.15. The Bertz CT molecular complexity index is 435. The van der Waals surface area contributed by atoms with Crippen molar-refractivity contribution in [1.29, 1.82) is 0 Å². The average molecular weight is 227 g/mol. The minimum Gasteiger partial charge on any atom is -0.367 e. The smallest absolute Gasteiger partial charge is 0.257 e. The number of halogens is 1. The molecule has 0 bridgehead atoms. The van der Waals surface area contributed by atoms with E-state index in [4.69, 9.17) is 0 Å². The second-order valence-corrected chi connectivity index (χ2v) is 2.96. The summed E-state index contributed by atoms with van der Waals surface area (Å²) in [5.74, 6) is -0.140. The van der Waals surface area contributed by atoms with Crippen LogP contribution < -0.4 is 5.32 Å². The quantitative estimate of drug-likeness (QED) is 0.814. The number of H-pyrrole nitrogens is 1. The van der Waals surface area contributed by atoms with Gasteiger partial charge in [0.2, 0.25) is 0 Å². The van der Waals surface area contributed by atoms with Gasteiger partial charge in [-0.05, 0) is 6.07 Å². The third kappa shape index (κ3) is 2.60. The van der Waals surface area contributed by atoms with Crippen molar-refractivity contribution in [2.24, 2.45) is 7.05 Å². The molecule has 2 N–H and O–H groups in total. The summed E-state index contributed by atoms with van der Waals surface area (Å²) in [6.07, 6.45) is 6.69. The second kappa shape index (κ2) is 4.65. The summed E-state index contributed by atoms with van der Waals surface area (Å²) < 4.78 is 1.63. The number of nitrogens with zero attached hydrogens (tertiary/aromatic N) is 2. The van der Waals surface area contributed by atoms with Crippen molar-refractivity contribution in [3.05, 3.63) is 36.4 Å². The Labute approximate surface area is 92.9 Å². The van der Waals surface area contributed by atoms with Gasteiger partial charge >= 0.3 is 0 Å². The van der Waals surface area contributed by atoms with E-state index in [9.17, 15) is 4.79 Å². The molecule has 1 amide bonds. The van der Waals surface area contributed by atoms with Crippen LogP contribution in [-0.2, 0) is 7.05 Å². The molecule has 0 fully saturated rings. The molecule has 2 aromatic rings. The summed E-state index contributed by atoms with van der Waals surface area (Å²) in [7, 11) is 1.80. The number of aryl methyl sites for hydroxylation is 1. The highest BCUT2D eigenvalue weighted by Gasteiger charge is 2.06. The maximum atomic E-state index is 11.5. The maximum absolute atomic E-state index is 11.5. The molecular formula is C9H11ClN4O. The van der Waals surface area contributed by atoms with Gasteiger partial charge in [0.1, 0.15) is 0 Å². The molecule has 0 atom stereocenters. The van der Waals surface area contributed by atoms with Crippen molar-refractivity contribution in [2.45, 2.75) is 0 Å². The van der Waals surface area contributed by atoms with E-state index in [-0.39, 0.29) is 18.3 Å². The lowest BCUT2D eigenvalue weighted by atomic mass is 10.3. The van der Waals surface area contributed by atoms with Crippen LogP contribution in [0.5, 0.6) is 0 Å². The highest BCUT2D eigenvalue weighted by Crippen LogP contribution is 2.06. The molecule has 0 saturated heterocycles. The van der Waals surface area contributed by atoms with Gasteiger partial charge in [-0.15, -0.1) is 12.4 Å². The molecular weight excluding hydrogens is 216 g/mol. The van der Waals surface area contributed by atoms with Crippen LogP contribution in [0.15, 0.2) is 30.9 Å². The highest BCUT2D eigenvalue weighted by molar-refractivity contribution is 6.03. The molecule has 0 aromatic carbocycles. The van der Waals surface area contributed by atoms with E-state index in [1.165, 1.54) is 0 Å². The standard InChI is InChI=1S/C9H10N4O.ClH/c1-13-6-8(5-11-13)12-9(14)7-2-3-10-4-7;/h2-6,10H,1H3,(H,12,14);1H. The van der Waals surface area contributed by atoms with Crippen LogP contribution in [0, 0.1) is 0 Å². The average Bonchev–Trinajstić information content (AvgIpc) is 2.75. The van der Waals surface area contributed by atoms with E-state index in [1.807, 2.05) is 0 Å². The van der Waals surface area contributed by atoms with Gasteiger partial charge < -0.3 is 10.3 Å². The number of carbonyl (C=O) groups excluding carboxylic acids is 1. The molecule has 80 valence electrons. The zero-order valence-electron chi connectivity index (χ0n) is 8.10. The van der Waals surface area contributed by atoms with Crippen molar-refractivity contribution >= 4 is 24.0 Å². The number of aromatic nitrogens is 3. The third-order valence-corrected chi connectivity index (χ3v) is 1.82. The lowest BCUT2D eigenvalue weighted by Gasteiger charge is -1.98. The Hall–Kier alpha value is -1.75. The molecule has 2 heterocycles. The Balaban J connectivity index is 0.00000112. The van der Waals surface area contributed by atoms with Gasteiger partial charge in [0.05, 0.1) is 17.4 Å². The molecule has 2 rings (SSSR count). The lowest BCUT2D eigenvalue weighted by Crippen LogP contribution is -2.10. The molecule has 5 nitrogen and oxygen atoms in total. The van der Waals surface area contributed by atoms with Crippen LogP contribution in [0.1, 0.15) is 10.4 Å². The Morgan fingerprint density at radius 3 is 2.93 bits per heavy atom. The van der Waals surface area contributed by atoms with Crippen molar-refractivity contribution in [3.63, 3.8) is 0 Å². The van der Waals surface area contributed by atoms with Gasteiger partial charge in [0.15, 0.2) is 0 Å². The van der Waals surface area contributed by atoms with Crippen LogP contribution in [0.3, 0.4) is 0 Å². The van der Waals surface area contributed by atoms with Crippen LogP contribution in [0.2, 0.25) is 0 Å². The summed E-state index contributed by atoms with van der Waals surface area (Å²) in [6.45, 7) is 0. The Kier molecular flexibility index (Phi) is 3.51. The molecule has 0 aliphatic carbocycles. The number of rotatable bonds is 2. The first-order valence-corrected chi connectivity index (χ1v) is 4.18. The number of amides is 1. The van der Waals surface area contributed by atoms with E-state index in [2.05, 4.69) is 15.4 Å². The highest BCUT2D eigenvalue weighted by atomic mass is 35.5. The van der Waals surface area contributed by atoms with E-state index < -0.39 is 0 Å². The fourth-order valence-electron chi connectivity index (χ4n) is 1.15. The van der Waals surface area contributed by atoms with Crippen LogP contribution in [-0.4, -0.2) is 20.7 Å². The summed E-state index contributed by atoms with van der Waals surface area (Å²) >= 11 is 0. The van der Waals surface area contributed by atoms with Crippen molar-refractivity contribution in [2.75, 3.05) is 5.32 Å². The zero-order chi connectivity index (χ0) is 9.97. The summed E-state index contributed by atoms with van der Waals surface area (Å²) in [6, 6.07) is 1.71. The van der Waals surface area contributed by atoms with Gasteiger partial charge in [0, 0.05) is 25.6 Å². The van der Waals surface area contributed by atoms with E-state index >= 15 is 0 Å². The SMILES string of the molecule is Cl.Cn1cc(NC(=O)c2cc[nH]c2)cn1. The number of nitrogens with one attached hydrogen (secondary N) is 2. The number of hydrogen-bond acceptors (Lipinski definition) is 2. The van der Waals surface area contributed by atoms with Crippen molar-refractivity contribution < 1.29 is 4.79 Å². The molecule has 6 heteroatoms. The Morgan fingerprint density at radius 2 is 2.40 bits per heavy atom. The van der Waals surface area contributed by atoms with Gasteiger partial charge in [-0.1, -0.05) is 0 Å². The number of hydrogen-bond donors (Lipinski definition) is 2. The van der Waals surface area contributed by atoms with E-state index in [1.54, 1.807) is 42.6 Å². The summed E-state index contributed by atoms with van der Waals surface area (Å²) in [4.78, 5) is 14.3. The molecule has 0 unspecified atom stereocenters. The van der Waals surface area contributed by atoms with Crippen LogP contribution in [0.25, 0.3) is 0 Å². The topological polar surface area (TPSA) is 62.7 Å². The number of anilines is 1. The molecule has 2 aromatic heterocycles. The monoisotopic (exact) mass is 226 g/mol. The lowest BCUT2D eigenvalue weighted by molar-refractivity contribution is 0.102. The minimum absolute atomic E-state index is 0. The minimum atomic E-state index is -0.140. The summed E-state index contributed by atoms with van der Waals surface area (Å²) in [5.41, 5.74) is 1.30. The van der Waals surface area contributed by atoms with Gasteiger partial charge in [-0.3, -0.25) is 9.48 Å². The number of aromatic amines is 1. The third-order valence-electron chi connectivity index (χ3n) is 1.82. The predicted molar refractivity (Wildman–Crippen MR) is 59.2 cm³/mol. The van der Waals surface area contributed by atoms with E-state index in [0.717, 1.165) is 0 Å². The Morgan fingerprint density at radius 1 is 1.60 bits per heavy atom. The summed E-state index contributed by atoms with van der Waals surface area (Å²) in [5, 5.41) is 6.67. The first-order valence-electron chi connectivity index (χ1n) is 4.18. The first kappa shape index (κ1) is 11.3. The normalized spacial score (nSPS) is 9.40. The fraction of sp³-hybridized carbons (Fsp3) is 0.111.